The second-order valence-corrected chi connectivity index (χ2v) is 5.07. The molecule has 0 aliphatic heterocycles. The summed E-state index contributed by atoms with van der Waals surface area (Å²) in [6.07, 6.45) is 7.12. The van der Waals surface area contributed by atoms with Crippen LogP contribution in [0.3, 0.4) is 0 Å². The Labute approximate surface area is 132 Å². The summed E-state index contributed by atoms with van der Waals surface area (Å²) in [5.41, 5.74) is 2.96. The van der Waals surface area contributed by atoms with Crippen molar-refractivity contribution in [1.82, 2.24) is 19.2 Å². The zero-order valence-corrected chi connectivity index (χ0v) is 12.1. The number of pyridine rings is 1. The number of anilines is 1. The van der Waals surface area contributed by atoms with Crippen LogP contribution in [0.25, 0.3) is 11.2 Å². The highest BCUT2D eigenvalue weighted by atomic mass is 16.1. The van der Waals surface area contributed by atoms with Crippen molar-refractivity contribution < 1.29 is 4.79 Å². The highest BCUT2D eigenvalue weighted by Gasteiger charge is 2.10. The smallest absolute Gasteiger partial charge is 0.276 e. The summed E-state index contributed by atoms with van der Waals surface area (Å²) >= 11 is 0. The van der Waals surface area contributed by atoms with Gasteiger partial charge in [0, 0.05) is 30.0 Å². The van der Waals surface area contributed by atoms with Crippen molar-refractivity contribution in [2.24, 2.45) is 0 Å². The van der Waals surface area contributed by atoms with Crippen LogP contribution in [-0.4, -0.2) is 25.1 Å². The number of imidazole rings is 1. The lowest BCUT2D eigenvalue weighted by Crippen LogP contribution is -2.12. The van der Waals surface area contributed by atoms with Gasteiger partial charge in [0.15, 0.2) is 5.69 Å². The highest BCUT2D eigenvalue weighted by Crippen LogP contribution is 2.14. The van der Waals surface area contributed by atoms with E-state index in [-0.39, 0.29) is 5.91 Å². The van der Waals surface area contributed by atoms with Gasteiger partial charge in [0.05, 0.1) is 11.8 Å². The van der Waals surface area contributed by atoms with Crippen molar-refractivity contribution in [3.63, 3.8) is 0 Å². The fourth-order valence-electron chi connectivity index (χ4n) is 2.37. The topological polar surface area (TPSA) is 64.2 Å². The molecular formula is C17H13N5O. The molecular weight excluding hydrogens is 290 g/mol. The van der Waals surface area contributed by atoms with E-state index in [1.807, 2.05) is 59.4 Å². The van der Waals surface area contributed by atoms with Crippen LogP contribution in [-0.2, 0) is 0 Å². The lowest BCUT2D eigenvalue weighted by molar-refractivity contribution is 0.102. The van der Waals surface area contributed by atoms with Crippen molar-refractivity contribution in [2.45, 2.75) is 0 Å². The molecule has 0 aliphatic carbocycles. The number of fused-ring (bicyclic) bond motifs is 1. The minimum Gasteiger partial charge on any atom is -0.321 e. The normalized spacial score (nSPS) is 10.8. The number of carbonyl (C=O) groups excluding carboxylic acids is 1. The predicted molar refractivity (Wildman–Crippen MR) is 86.7 cm³/mol. The average Bonchev–Trinajstić information content (AvgIpc) is 3.25. The van der Waals surface area contributed by atoms with Crippen LogP contribution in [0.1, 0.15) is 10.5 Å². The van der Waals surface area contributed by atoms with E-state index in [1.54, 1.807) is 23.1 Å². The van der Waals surface area contributed by atoms with Crippen molar-refractivity contribution in [3.8, 4) is 5.69 Å². The number of hydrogen-bond donors (Lipinski definition) is 1. The third-order valence-corrected chi connectivity index (χ3v) is 3.53. The SMILES string of the molecule is O=C(Nc1ccc(-n2ccnc2)cc1)c1cc2ccccn2n1. The van der Waals surface area contributed by atoms with Crippen LogP contribution in [0.15, 0.2) is 73.4 Å². The molecule has 1 N–H and O–H groups in total. The molecule has 6 nitrogen and oxygen atoms in total. The third kappa shape index (κ3) is 2.57. The first-order chi connectivity index (χ1) is 11.3. The van der Waals surface area contributed by atoms with E-state index in [9.17, 15) is 4.79 Å². The Balaban J connectivity index is 1.54. The van der Waals surface area contributed by atoms with Gasteiger partial charge in [-0.05, 0) is 42.5 Å². The van der Waals surface area contributed by atoms with Crippen LogP contribution in [0, 0.1) is 0 Å². The summed E-state index contributed by atoms with van der Waals surface area (Å²) in [6.45, 7) is 0. The van der Waals surface area contributed by atoms with E-state index in [4.69, 9.17) is 0 Å². The number of aromatic nitrogens is 4. The molecule has 0 radical (unpaired) electrons. The van der Waals surface area contributed by atoms with Crippen LogP contribution in [0.5, 0.6) is 0 Å². The molecule has 4 aromatic rings. The second kappa shape index (κ2) is 5.42. The van der Waals surface area contributed by atoms with Crippen LogP contribution < -0.4 is 5.32 Å². The lowest BCUT2D eigenvalue weighted by Gasteiger charge is -2.05. The molecule has 0 unspecified atom stereocenters. The predicted octanol–water partition coefficient (Wildman–Crippen LogP) is 2.77. The van der Waals surface area contributed by atoms with Crippen LogP contribution in [0.4, 0.5) is 5.69 Å². The molecule has 1 amide bonds. The Bertz CT molecular complexity index is 921. The summed E-state index contributed by atoms with van der Waals surface area (Å²) in [4.78, 5) is 16.3. The number of carbonyl (C=O) groups is 1. The first-order valence-electron chi connectivity index (χ1n) is 7.14. The van der Waals surface area contributed by atoms with E-state index in [2.05, 4.69) is 15.4 Å². The molecule has 0 saturated heterocycles. The first kappa shape index (κ1) is 13.3. The average molecular weight is 303 g/mol. The number of nitrogens with zero attached hydrogens (tertiary/aromatic N) is 4. The Morgan fingerprint density at radius 3 is 2.65 bits per heavy atom. The molecule has 4 rings (SSSR count). The summed E-state index contributed by atoms with van der Waals surface area (Å²) in [5.74, 6) is -0.232. The van der Waals surface area contributed by atoms with Gasteiger partial charge in [-0.15, -0.1) is 0 Å². The number of benzene rings is 1. The van der Waals surface area contributed by atoms with Gasteiger partial charge in [-0.3, -0.25) is 4.79 Å². The molecule has 0 fully saturated rings. The van der Waals surface area contributed by atoms with Gasteiger partial charge in [0.2, 0.25) is 0 Å². The number of hydrogen-bond acceptors (Lipinski definition) is 3. The second-order valence-electron chi connectivity index (χ2n) is 5.07. The lowest BCUT2D eigenvalue weighted by atomic mass is 10.2. The first-order valence-corrected chi connectivity index (χ1v) is 7.14. The Hall–Kier alpha value is -3.41. The van der Waals surface area contributed by atoms with Gasteiger partial charge >= 0.3 is 0 Å². The van der Waals surface area contributed by atoms with Crippen LogP contribution in [0.2, 0.25) is 0 Å². The quantitative estimate of drug-likeness (QED) is 0.633. The Morgan fingerprint density at radius 2 is 1.91 bits per heavy atom. The van der Waals surface area contributed by atoms with Gasteiger partial charge in [0.1, 0.15) is 0 Å². The van der Waals surface area contributed by atoms with E-state index >= 15 is 0 Å². The molecule has 3 heterocycles. The van der Waals surface area contributed by atoms with Crippen molar-refractivity contribution in [2.75, 3.05) is 5.32 Å². The minimum atomic E-state index is -0.232. The van der Waals surface area contributed by atoms with E-state index in [0.717, 1.165) is 16.9 Å². The van der Waals surface area contributed by atoms with E-state index in [1.165, 1.54) is 0 Å². The summed E-state index contributed by atoms with van der Waals surface area (Å²) in [5, 5.41) is 7.11. The van der Waals surface area contributed by atoms with Gasteiger partial charge in [0.25, 0.3) is 5.91 Å². The standard InChI is InChI=1S/C17H13N5O/c23-17(16-11-15-3-1-2-9-22(15)20-16)19-13-4-6-14(7-5-13)21-10-8-18-12-21/h1-12H,(H,19,23). The van der Waals surface area contributed by atoms with Gasteiger partial charge in [-0.25, -0.2) is 9.50 Å². The van der Waals surface area contributed by atoms with Gasteiger partial charge < -0.3 is 9.88 Å². The maximum atomic E-state index is 12.3. The molecule has 23 heavy (non-hydrogen) atoms. The van der Waals surface area contributed by atoms with Crippen molar-refractivity contribution in [1.29, 1.82) is 0 Å². The van der Waals surface area contributed by atoms with Gasteiger partial charge in [-0.1, -0.05) is 6.07 Å². The fraction of sp³-hybridized carbons (Fsp3) is 0. The summed E-state index contributed by atoms with van der Waals surface area (Å²) < 4.78 is 3.57. The molecule has 112 valence electrons. The van der Waals surface area contributed by atoms with Crippen molar-refractivity contribution in [3.05, 3.63) is 79.1 Å². The van der Waals surface area contributed by atoms with Gasteiger partial charge in [-0.2, -0.15) is 5.10 Å². The molecule has 0 spiro atoms. The van der Waals surface area contributed by atoms with E-state index < -0.39 is 0 Å². The molecule has 0 aliphatic rings. The third-order valence-electron chi connectivity index (χ3n) is 3.53. The summed E-state index contributed by atoms with van der Waals surface area (Å²) in [7, 11) is 0. The van der Waals surface area contributed by atoms with Crippen LogP contribution >= 0.6 is 0 Å². The Kier molecular flexibility index (Phi) is 3.12. The zero-order valence-electron chi connectivity index (χ0n) is 12.1. The Morgan fingerprint density at radius 1 is 1.04 bits per heavy atom. The molecule has 3 aromatic heterocycles. The number of amides is 1. The monoisotopic (exact) mass is 303 g/mol. The molecule has 1 aromatic carbocycles. The largest absolute Gasteiger partial charge is 0.321 e. The maximum Gasteiger partial charge on any atom is 0.276 e. The number of rotatable bonds is 3. The van der Waals surface area contributed by atoms with E-state index in [0.29, 0.717) is 5.69 Å². The minimum absolute atomic E-state index is 0.232. The molecule has 6 heteroatoms. The maximum absolute atomic E-state index is 12.3. The zero-order chi connectivity index (χ0) is 15.6. The molecule has 0 atom stereocenters. The highest BCUT2D eigenvalue weighted by molar-refractivity contribution is 6.03. The fourth-order valence-corrected chi connectivity index (χ4v) is 2.37. The molecule has 0 saturated carbocycles. The number of nitrogens with one attached hydrogen (secondary N) is 1. The summed E-state index contributed by atoms with van der Waals surface area (Å²) in [6, 6.07) is 15.0. The van der Waals surface area contributed by atoms with Crippen molar-refractivity contribution >= 4 is 17.1 Å². The molecule has 0 bridgehead atoms.